The molecule has 0 aliphatic carbocycles. The lowest BCUT2D eigenvalue weighted by Crippen LogP contribution is -1.82. The normalized spacial score (nSPS) is 10.7. The molecule has 1 aromatic heterocycles. The van der Waals surface area contributed by atoms with E-state index in [2.05, 4.69) is 65.6 Å². The molecule has 0 spiro atoms. The van der Waals surface area contributed by atoms with Gasteiger partial charge in [0, 0.05) is 12.4 Å². The first-order chi connectivity index (χ1) is 10.9. The Bertz CT molecular complexity index is 863. The second-order valence-electron chi connectivity index (χ2n) is 5.31. The Morgan fingerprint density at radius 3 is 1.09 bits per heavy atom. The maximum Gasteiger partial charge on any atom is 0.0267 e. The minimum Gasteiger partial charge on any atom is -0.265 e. The van der Waals surface area contributed by atoms with Gasteiger partial charge in [-0.2, -0.15) is 0 Å². The Labute approximate surface area is 129 Å². The van der Waals surface area contributed by atoms with Crippen molar-refractivity contribution in [1.82, 2.24) is 4.98 Å². The molecule has 0 amide bonds. The van der Waals surface area contributed by atoms with Crippen LogP contribution >= 0.6 is 0 Å². The Morgan fingerprint density at radius 2 is 0.818 bits per heavy atom. The summed E-state index contributed by atoms with van der Waals surface area (Å²) in [7, 11) is 0. The first-order valence-corrected chi connectivity index (χ1v) is 7.41. The van der Waals surface area contributed by atoms with Crippen molar-refractivity contribution >= 4 is 32.3 Å². The van der Waals surface area contributed by atoms with E-state index in [1.54, 1.807) is 12.4 Å². The highest BCUT2D eigenvalue weighted by molar-refractivity contribution is 6.22. The van der Waals surface area contributed by atoms with Gasteiger partial charge in [0.1, 0.15) is 0 Å². The van der Waals surface area contributed by atoms with Crippen LogP contribution in [0.1, 0.15) is 0 Å². The summed E-state index contributed by atoms with van der Waals surface area (Å²) in [6.07, 6.45) is 3.50. The van der Waals surface area contributed by atoms with E-state index >= 15 is 0 Å². The summed E-state index contributed by atoms with van der Waals surface area (Å²) in [5.41, 5.74) is 0. The second kappa shape index (κ2) is 5.45. The molecule has 0 aliphatic heterocycles. The monoisotopic (exact) mass is 281 g/mol. The van der Waals surface area contributed by atoms with Crippen LogP contribution in [-0.2, 0) is 0 Å². The predicted molar refractivity (Wildman–Crippen MR) is 94.4 cm³/mol. The Balaban J connectivity index is 0.000000177. The van der Waals surface area contributed by atoms with E-state index in [1.807, 2.05) is 18.2 Å². The average molecular weight is 281 g/mol. The molecule has 1 nitrogen and oxygen atoms in total. The molecule has 0 saturated heterocycles. The van der Waals surface area contributed by atoms with Gasteiger partial charge in [-0.3, -0.25) is 4.98 Å². The first kappa shape index (κ1) is 12.8. The van der Waals surface area contributed by atoms with Crippen LogP contribution in [-0.4, -0.2) is 4.98 Å². The molecular weight excluding hydrogens is 266 g/mol. The van der Waals surface area contributed by atoms with Gasteiger partial charge in [-0.05, 0) is 44.5 Å². The summed E-state index contributed by atoms with van der Waals surface area (Å²) in [5, 5.41) is 8.14. The molecular formula is C21H15N. The van der Waals surface area contributed by atoms with Gasteiger partial charge in [0.15, 0.2) is 0 Å². The zero-order valence-corrected chi connectivity index (χ0v) is 12.1. The molecule has 0 unspecified atom stereocenters. The lowest BCUT2D eigenvalue weighted by atomic mass is 9.95. The number of hydrogen-bond acceptors (Lipinski definition) is 1. The first-order valence-electron chi connectivity index (χ1n) is 7.41. The number of hydrogen-bond donors (Lipinski definition) is 0. The van der Waals surface area contributed by atoms with E-state index < -0.39 is 0 Å². The second-order valence-corrected chi connectivity index (χ2v) is 5.31. The van der Waals surface area contributed by atoms with E-state index in [4.69, 9.17) is 0 Å². The third-order valence-corrected chi connectivity index (χ3v) is 3.96. The zero-order chi connectivity index (χ0) is 14.8. The predicted octanol–water partition coefficient (Wildman–Crippen LogP) is 5.67. The van der Waals surface area contributed by atoms with Crippen molar-refractivity contribution in [3.8, 4) is 0 Å². The van der Waals surface area contributed by atoms with Crippen LogP contribution in [0.5, 0.6) is 0 Å². The molecule has 5 aromatic rings. The largest absolute Gasteiger partial charge is 0.265 e. The Hall–Kier alpha value is -2.93. The van der Waals surface area contributed by atoms with Crippen molar-refractivity contribution in [3.63, 3.8) is 0 Å². The van der Waals surface area contributed by atoms with Gasteiger partial charge in [-0.1, -0.05) is 66.7 Å². The lowest BCUT2D eigenvalue weighted by Gasteiger charge is -2.09. The maximum atomic E-state index is 3.78. The standard InChI is InChI=1S/C16H10.C5H5N/c1-3-11-7-9-13-5-2-6-14-10-8-12(4-1)15(11)16(13)14;1-2-4-6-5-3-1/h1-10H;1-5H. The van der Waals surface area contributed by atoms with Crippen molar-refractivity contribution in [2.45, 2.75) is 0 Å². The summed E-state index contributed by atoms with van der Waals surface area (Å²) >= 11 is 0. The van der Waals surface area contributed by atoms with Gasteiger partial charge in [-0.25, -0.2) is 0 Å². The highest BCUT2D eigenvalue weighted by atomic mass is 14.6. The van der Waals surface area contributed by atoms with Gasteiger partial charge in [0.25, 0.3) is 0 Å². The molecule has 5 rings (SSSR count). The third kappa shape index (κ3) is 2.17. The Morgan fingerprint density at radius 1 is 0.409 bits per heavy atom. The smallest absolute Gasteiger partial charge is 0.0267 e. The molecule has 0 atom stereocenters. The summed E-state index contributed by atoms with van der Waals surface area (Å²) in [4.78, 5) is 3.78. The maximum absolute atomic E-state index is 3.78. The van der Waals surface area contributed by atoms with Crippen LogP contribution in [0.2, 0.25) is 0 Å². The molecule has 1 heterocycles. The quantitative estimate of drug-likeness (QED) is 0.333. The van der Waals surface area contributed by atoms with Gasteiger partial charge in [-0.15, -0.1) is 0 Å². The zero-order valence-electron chi connectivity index (χ0n) is 12.1. The van der Waals surface area contributed by atoms with Gasteiger partial charge in [0.2, 0.25) is 0 Å². The summed E-state index contributed by atoms with van der Waals surface area (Å²) in [6.45, 7) is 0. The molecule has 0 saturated carbocycles. The lowest BCUT2D eigenvalue weighted by molar-refractivity contribution is 1.33. The number of pyridine rings is 1. The fraction of sp³-hybridized carbons (Fsp3) is 0. The van der Waals surface area contributed by atoms with E-state index in [9.17, 15) is 0 Å². The molecule has 0 aliphatic rings. The molecule has 104 valence electrons. The molecule has 0 bridgehead atoms. The fourth-order valence-electron chi connectivity index (χ4n) is 2.98. The Kier molecular flexibility index (Phi) is 3.17. The van der Waals surface area contributed by atoms with E-state index in [-0.39, 0.29) is 0 Å². The van der Waals surface area contributed by atoms with Crippen LogP contribution in [0.4, 0.5) is 0 Å². The van der Waals surface area contributed by atoms with Crippen LogP contribution in [0.25, 0.3) is 32.3 Å². The number of rotatable bonds is 0. The van der Waals surface area contributed by atoms with E-state index in [1.165, 1.54) is 32.3 Å². The summed E-state index contributed by atoms with van der Waals surface area (Å²) in [5.74, 6) is 0. The molecule has 0 fully saturated rings. The SMILES string of the molecule is c1cc2ccc3cccc4ccc(c1)c2c34.c1ccncc1. The van der Waals surface area contributed by atoms with Crippen LogP contribution in [0, 0.1) is 0 Å². The molecule has 0 radical (unpaired) electrons. The van der Waals surface area contributed by atoms with Crippen LogP contribution in [0.15, 0.2) is 91.3 Å². The molecule has 4 aromatic carbocycles. The number of nitrogens with zero attached hydrogens (tertiary/aromatic N) is 1. The van der Waals surface area contributed by atoms with E-state index in [0.29, 0.717) is 0 Å². The molecule has 1 heteroatoms. The van der Waals surface area contributed by atoms with Crippen molar-refractivity contribution < 1.29 is 0 Å². The highest BCUT2D eigenvalue weighted by Crippen LogP contribution is 2.33. The van der Waals surface area contributed by atoms with E-state index in [0.717, 1.165) is 0 Å². The third-order valence-electron chi connectivity index (χ3n) is 3.96. The minimum atomic E-state index is 1.34. The van der Waals surface area contributed by atoms with Crippen molar-refractivity contribution in [3.05, 3.63) is 91.3 Å². The molecule has 0 N–H and O–H groups in total. The van der Waals surface area contributed by atoms with Crippen LogP contribution < -0.4 is 0 Å². The fourth-order valence-corrected chi connectivity index (χ4v) is 2.98. The average Bonchev–Trinajstić information content (AvgIpc) is 2.62. The number of aromatic nitrogens is 1. The number of benzene rings is 4. The van der Waals surface area contributed by atoms with Gasteiger partial charge >= 0.3 is 0 Å². The van der Waals surface area contributed by atoms with Gasteiger partial charge in [0.05, 0.1) is 0 Å². The summed E-state index contributed by atoms with van der Waals surface area (Å²) < 4.78 is 0. The van der Waals surface area contributed by atoms with Crippen molar-refractivity contribution in [2.75, 3.05) is 0 Å². The van der Waals surface area contributed by atoms with Crippen LogP contribution in [0.3, 0.4) is 0 Å². The highest BCUT2D eigenvalue weighted by Gasteiger charge is 2.05. The van der Waals surface area contributed by atoms with Crippen molar-refractivity contribution in [2.24, 2.45) is 0 Å². The topological polar surface area (TPSA) is 12.9 Å². The van der Waals surface area contributed by atoms with Crippen molar-refractivity contribution in [1.29, 1.82) is 0 Å². The summed E-state index contributed by atoms with van der Waals surface area (Å²) in [6, 6.07) is 27.6. The van der Waals surface area contributed by atoms with Gasteiger partial charge < -0.3 is 0 Å². The minimum absolute atomic E-state index is 1.34. The molecule has 22 heavy (non-hydrogen) atoms.